The zero-order valence-electron chi connectivity index (χ0n) is 11.3. The van der Waals surface area contributed by atoms with Crippen molar-refractivity contribution in [1.29, 1.82) is 0 Å². The summed E-state index contributed by atoms with van der Waals surface area (Å²) in [6.45, 7) is 0.889. The van der Waals surface area contributed by atoms with Crippen LogP contribution in [0.3, 0.4) is 0 Å². The molecule has 0 bridgehead atoms. The molecule has 1 fully saturated rings. The highest BCUT2D eigenvalue weighted by Gasteiger charge is 2.24. The predicted molar refractivity (Wildman–Crippen MR) is 78.5 cm³/mol. The van der Waals surface area contributed by atoms with Crippen molar-refractivity contribution in [2.24, 2.45) is 0 Å². The number of nitrogens with zero attached hydrogens (tertiary/aromatic N) is 1. The molecule has 1 aliphatic carbocycles. The summed E-state index contributed by atoms with van der Waals surface area (Å²) in [5, 5.41) is 9.06. The molecule has 0 atom stereocenters. The zero-order chi connectivity index (χ0) is 13.7. The number of benzene rings is 1. The van der Waals surface area contributed by atoms with Gasteiger partial charge in [0.25, 0.3) is 0 Å². The highest BCUT2D eigenvalue weighted by atomic mass is 32.2. The van der Waals surface area contributed by atoms with E-state index in [0.717, 1.165) is 19.4 Å². The average Bonchev–Trinajstić information content (AvgIpc) is 2.92. The molecule has 4 heteroatoms. The van der Waals surface area contributed by atoms with Crippen LogP contribution in [0, 0.1) is 0 Å². The van der Waals surface area contributed by atoms with Crippen molar-refractivity contribution >= 4 is 17.7 Å². The van der Waals surface area contributed by atoms with E-state index < -0.39 is 5.97 Å². The highest BCUT2D eigenvalue weighted by molar-refractivity contribution is 7.98. The fourth-order valence-electron chi connectivity index (χ4n) is 2.72. The molecule has 0 amide bonds. The molecule has 0 aliphatic heterocycles. The number of carboxylic acids is 1. The first-order valence-electron chi connectivity index (χ1n) is 6.78. The van der Waals surface area contributed by atoms with E-state index in [0.29, 0.717) is 6.04 Å². The molecule has 19 heavy (non-hydrogen) atoms. The monoisotopic (exact) mass is 279 g/mol. The number of rotatable bonds is 6. The van der Waals surface area contributed by atoms with E-state index in [-0.39, 0.29) is 6.54 Å². The molecule has 0 spiro atoms. The lowest BCUT2D eigenvalue weighted by atomic mass is 10.1. The molecule has 0 aromatic heterocycles. The van der Waals surface area contributed by atoms with Crippen molar-refractivity contribution in [1.82, 2.24) is 4.90 Å². The summed E-state index contributed by atoms with van der Waals surface area (Å²) in [6.07, 6.45) is 6.79. The summed E-state index contributed by atoms with van der Waals surface area (Å²) in [5.41, 5.74) is 1.20. The van der Waals surface area contributed by atoms with Gasteiger partial charge in [0, 0.05) is 17.5 Å². The molecular weight excluding hydrogens is 258 g/mol. The molecule has 0 radical (unpaired) electrons. The molecule has 1 saturated carbocycles. The van der Waals surface area contributed by atoms with Crippen LogP contribution in [-0.4, -0.2) is 34.8 Å². The fraction of sp³-hybridized carbons (Fsp3) is 0.533. The Morgan fingerprint density at radius 3 is 2.47 bits per heavy atom. The molecular formula is C15H21NO2S. The first-order valence-corrected chi connectivity index (χ1v) is 8.00. The van der Waals surface area contributed by atoms with Gasteiger partial charge in [0.2, 0.25) is 0 Å². The van der Waals surface area contributed by atoms with Gasteiger partial charge in [0.1, 0.15) is 0 Å². The Kier molecular flexibility index (Phi) is 5.28. The molecule has 0 saturated heterocycles. The number of hydrogen-bond acceptors (Lipinski definition) is 3. The van der Waals surface area contributed by atoms with Crippen molar-refractivity contribution in [3.8, 4) is 0 Å². The van der Waals surface area contributed by atoms with Gasteiger partial charge in [0.15, 0.2) is 0 Å². The zero-order valence-corrected chi connectivity index (χ0v) is 12.2. The van der Waals surface area contributed by atoms with E-state index in [1.807, 2.05) is 0 Å². The lowest BCUT2D eigenvalue weighted by Gasteiger charge is -2.27. The third-order valence-electron chi connectivity index (χ3n) is 3.72. The van der Waals surface area contributed by atoms with Gasteiger partial charge in [-0.25, -0.2) is 0 Å². The number of carboxylic acid groups (broad SMARTS) is 1. The van der Waals surface area contributed by atoms with Crippen molar-refractivity contribution in [3.63, 3.8) is 0 Å². The predicted octanol–water partition coefficient (Wildman–Crippen LogP) is 3.24. The van der Waals surface area contributed by atoms with Gasteiger partial charge in [-0.2, -0.15) is 0 Å². The summed E-state index contributed by atoms with van der Waals surface area (Å²) in [6, 6.07) is 8.86. The van der Waals surface area contributed by atoms with Gasteiger partial charge >= 0.3 is 5.97 Å². The van der Waals surface area contributed by atoms with Gasteiger partial charge in [-0.15, -0.1) is 11.8 Å². The molecule has 1 aliphatic rings. The molecule has 1 N–H and O–H groups in total. The van der Waals surface area contributed by atoms with Gasteiger partial charge in [-0.05, 0) is 36.8 Å². The van der Waals surface area contributed by atoms with Crippen LogP contribution in [0.5, 0.6) is 0 Å². The van der Waals surface area contributed by atoms with Gasteiger partial charge in [0.05, 0.1) is 6.54 Å². The first kappa shape index (κ1) is 14.4. The topological polar surface area (TPSA) is 40.5 Å². The van der Waals surface area contributed by atoms with Crippen molar-refractivity contribution in [3.05, 3.63) is 29.8 Å². The Labute approximate surface area is 119 Å². The van der Waals surface area contributed by atoms with E-state index >= 15 is 0 Å². The maximum Gasteiger partial charge on any atom is 0.317 e. The normalized spacial score (nSPS) is 16.1. The lowest BCUT2D eigenvalue weighted by molar-refractivity contribution is -0.139. The Morgan fingerprint density at radius 1 is 1.32 bits per heavy atom. The summed E-state index contributed by atoms with van der Waals surface area (Å²) in [4.78, 5) is 14.4. The Hall–Kier alpha value is -1.00. The first-order chi connectivity index (χ1) is 9.19. The van der Waals surface area contributed by atoms with Crippen LogP contribution >= 0.6 is 11.8 Å². The second-order valence-electron chi connectivity index (χ2n) is 5.09. The van der Waals surface area contributed by atoms with E-state index in [2.05, 4.69) is 35.4 Å². The van der Waals surface area contributed by atoms with Crippen LogP contribution in [0.1, 0.15) is 31.2 Å². The molecule has 1 aromatic carbocycles. The summed E-state index contributed by atoms with van der Waals surface area (Å²) >= 11 is 1.72. The molecule has 0 unspecified atom stereocenters. The van der Waals surface area contributed by atoms with E-state index in [4.69, 9.17) is 5.11 Å². The molecule has 3 nitrogen and oxygen atoms in total. The second-order valence-corrected chi connectivity index (χ2v) is 5.96. The Morgan fingerprint density at radius 2 is 1.95 bits per heavy atom. The van der Waals surface area contributed by atoms with Crippen LogP contribution in [-0.2, 0) is 11.3 Å². The Balaban J connectivity index is 2.03. The third kappa shape index (κ3) is 4.25. The maximum absolute atomic E-state index is 11.0. The minimum atomic E-state index is -0.729. The molecule has 104 valence electrons. The summed E-state index contributed by atoms with van der Waals surface area (Å²) in [7, 11) is 0. The third-order valence-corrected chi connectivity index (χ3v) is 4.47. The van der Waals surface area contributed by atoms with Crippen LogP contribution in [0.2, 0.25) is 0 Å². The van der Waals surface area contributed by atoms with E-state index in [9.17, 15) is 4.79 Å². The van der Waals surface area contributed by atoms with E-state index in [1.54, 1.807) is 11.8 Å². The number of carbonyl (C=O) groups is 1. The minimum absolute atomic E-state index is 0.148. The summed E-state index contributed by atoms with van der Waals surface area (Å²) < 4.78 is 0. The molecule has 0 heterocycles. The second kappa shape index (κ2) is 6.96. The largest absolute Gasteiger partial charge is 0.480 e. The average molecular weight is 279 g/mol. The highest BCUT2D eigenvalue weighted by Crippen LogP contribution is 2.25. The minimum Gasteiger partial charge on any atom is -0.480 e. The number of hydrogen-bond donors (Lipinski definition) is 1. The van der Waals surface area contributed by atoms with Crippen LogP contribution in [0.4, 0.5) is 0 Å². The van der Waals surface area contributed by atoms with Gasteiger partial charge in [-0.1, -0.05) is 25.0 Å². The van der Waals surface area contributed by atoms with E-state index in [1.165, 1.54) is 23.3 Å². The lowest BCUT2D eigenvalue weighted by Crippen LogP contribution is -2.36. The molecule has 1 aromatic rings. The SMILES string of the molecule is CSc1ccc(CN(CC(=O)O)C2CCCC2)cc1. The fourth-order valence-corrected chi connectivity index (χ4v) is 3.13. The van der Waals surface area contributed by atoms with Crippen LogP contribution in [0.15, 0.2) is 29.2 Å². The van der Waals surface area contributed by atoms with Crippen LogP contribution < -0.4 is 0 Å². The van der Waals surface area contributed by atoms with Crippen molar-refractivity contribution in [2.45, 2.75) is 43.2 Å². The quantitative estimate of drug-likeness (QED) is 0.812. The Bertz CT molecular complexity index is 413. The standard InChI is InChI=1S/C15H21NO2S/c1-19-14-8-6-12(7-9-14)10-16(11-15(17)18)13-4-2-3-5-13/h6-9,13H,2-5,10-11H2,1H3,(H,17,18). The van der Waals surface area contributed by atoms with Gasteiger partial charge in [-0.3, -0.25) is 9.69 Å². The van der Waals surface area contributed by atoms with Crippen molar-refractivity contribution in [2.75, 3.05) is 12.8 Å². The molecule has 2 rings (SSSR count). The number of aliphatic carboxylic acids is 1. The number of thioether (sulfide) groups is 1. The smallest absolute Gasteiger partial charge is 0.317 e. The summed E-state index contributed by atoms with van der Waals surface area (Å²) in [5.74, 6) is -0.729. The maximum atomic E-state index is 11.0. The van der Waals surface area contributed by atoms with Gasteiger partial charge < -0.3 is 5.11 Å². The van der Waals surface area contributed by atoms with Crippen molar-refractivity contribution < 1.29 is 9.90 Å². The van der Waals surface area contributed by atoms with Crippen LogP contribution in [0.25, 0.3) is 0 Å².